The molecule has 5 rings (SSSR count). The smallest absolute Gasteiger partial charge is 0.275 e. The zero-order valence-corrected chi connectivity index (χ0v) is 21.7. The van der Waals surface area contributed by atoms with Gasteiger partial charge in [-0.05, 0) is 49.2 Å². The highest BCUT2D eigenvalue weighted by Crippen LogP contribution is 2.25. The minimum absolute atomic E-state index is 0.0231. The van der Waals surface area contributed by atoms with E-state index in [0.29, 0.717) is 59.2 Å². The van der Waals surface area contributed by atoms with E-state index in [0.717, 1.165) is 11.1 Å². The molecule has 36 heavy (non-hydrogen) atoms. The number of hydrogen-bond acceptors (Lipinski definition) is 7. The third kappa shape index (κ3) is 5.43. The Labute approximate surface area is 217 Å². The van der Waals surface area contributed by atoms with Crippen molar-refractivity contribution in [1.82, 2.24) is 24.4 Å². The van der Waals surface area contributed by atoms with Crippen LogP contribution in [0.5, 0.6) is 5.75 Å². The summed E-state index contributed by atoms with van der Waals surface area (Å²) in [5.74, 6) is 0.685. The molecule has 0 atom stereocenters. The van der Waals surface area contributed by atoms with Crippen molar-refractivity contribution >= 4 is 33.8 Å². The Bertz CT molecular complexity index is 1460. The van der Waals surface area contributed by atoms with Gasteiger partial charge in [0.25, 0.3) is 11.5 Å². The van der Waals surface area contributed by atoms with Crippen LogP contribution in [0.15, 0.2) is 53.3 Å². The third-order valence-electron chi connectivity index (χ3n) is 6.34. The van der Waals surface area contributed by atoms with Crippen LogP contribution in [0.4, 0.5) is 0 Å². The fourth-order valence-electron chi connectivity index (χ4n) is 4.07. The molecule has 1 aliphatic rings. The number of piperazine rings is 1. The molecular formula is C26H26ClN5O3S. The molecule has 1 saturated heterocycles. The van der Waals surface area contributed by atoms with E-state index in [1.54, 1.807) is 12.1 Å². The number of ether oxygens (including phenoxy) is 1. The quantitative estimate of drug-likeness (QED) is 0.382. The molecule has 2 aromatic carbocycles. The maximum atomic E-state index is 12.7. The van der Waals surface area contributed by atoms with E-state index >= 15 is 0 Å². The second-order valence-electron chi connectivity index (χ2n) is 8.89. The molecule has 3 heterocycles. The summed E-state index contributed by atoms with van der Waals surface area (Å²) in [5, 5.41) is 5.78. The zero-order valence-electron chi connectivity index (χ0n) is 20.1. The van der Waals surface area contributed by atoms with Crippen molar-refractivity contribution in [2.75, 3.05) is 32.8 Å². The van der Waals surface area contributed by atoms with Crippen LogP contribution in [0.3, 0.4) is 0 Å². The Hall–Kier alpha value is -3.27. The van der Waals surface area contributed by atoms with Gasteiger partial charge in [-0.3, -0.25) is 14.5 Å². The molecule has 0 N–H and O–H groups in total. The summed E-state index contributed by atoms with van der Waals surface area (Å²) < 4.78 is 7.05. The summed E-state index contributed by atoms with van der Waals surface area (Å²) in [5.41, 5.74) is 3.71. The van der Waals surface area contributed by atoms with E-state index < -0.39 is 0 Å². The normalized spacial score (nSPS) is 14.4. The zero-order chi connectivity index (χ0) is 25.2. The predicted octanol–water partition coefficient (Wildman–Crippen LogP) is 3.81. The number of rotatable bonds is 6. The molecule has 1 aliphatic heterocycles. The number of carbonyl (C=O) groups is 1. The van der Waals surface area contributed by atoms with Crippen LogP contribution in [0.25, 0.3) is 15.5 Å². The van der Waals surface area contributed by atoms with Gasteiger partial charge in [0.15, 0.2) is 6.61 Å². The van der Waals surface area contributed by atoms with Gasteiger partial charge in [0.1, 0.15) is 10.8 Å². The number of amides is 1. The number of aromatic nitrogens is 3. The summed E-state index contributed by atoms with van der Waals surface area (Å²) >= 11 is 7.34. The van der Waals surface area contributed by atoms with Crippen LogP contribution in [0, 0.1) is 13.8 Å². The van der Waals surface area contributed by atoms with Gasteiger partial charge in [-0.15, -0.1) is 0 Å². The molecule has 0 radical (unpaired) electrons. The van der Waals surface area contributed by atoms with E-state index in [1.807, 2.05) is 49.1 Å². The van der Waals surface area contributed by atoms with E-state index in [9.17, 15) is 9.59 Å². The van der Waals surface area contributed by atoms with Crippen LogP contribution in [-0.4, -0.2) is 63.1 Å². The largest absolute Gasteiger partial charge is 0.484 e. The Morgan fingerprint density at radius 1 is 1.03 bits per heavy atom. The van der Waals surface area contributed by atoms with Gasteiger partial charge in [0.05, 0.1) is 5.69 Å². The third-order valence-corrected chi connectivity index (χ3v) is 7.55. The number of carbonyl (C=O) groups excluding carboxylic acids is 1. The maximum Gasteiger partial charge on any atom is 0.275 e. The Morgan fingerprint density at radius 2 is 1.78 bits per heavy atom. The van der Waals surface area contributed by atoms with Crippen LogP contribution >= 0.6 is 22.9 Å². The number of hydrogen-bond donors (Lipinski definition) is 0. The fourth-order valence-corrected chi connectivity index (χ4v) is 5.13. The molecule has 4 aromatic rings. The van der Waals surface area contributed by atoms with Gasteiger partial charge in [-0.25, -0.2) is 4.98 Å². The van der Waals surface area contributed by atoms with Gasteiger partial charge in [0.2, 0.25) is 4.96 Å². The second kappa shape index (κ2) is 10.4. The first-order valence-corrected chi connectivity index (χ1v) is 12.9. The average molecular weight is 524 g/mol. The van der Waals surface area contributed by atoms with Crippen LogP contribution in [0.2, 0.25) is 5.02 Å². The van der Waals surface area contributed by atoms with Gasteiger partial charge in [-0.2, -0.15) is 9.61 Å². The molecule has 1 fully saturated rings. The Morgan fingerprint density at radius 3 is 2.50 bits per heavy atom. The van der Waals surface area contributed by atoms with Gasteiger partial charge in [-0.1, -0.05) is 41.1 Å². The van der Waals surface area contributed by atoms with Gasteiger partial charge < -0.3 is 9.64 Å². The monoisotopic (exact) mass is 523 g/mol. The van der Waals surface area contributed by atoms with E-state index in [1.165, 1.54) is 27.5 Å². The second-order valence-corrected chi connectivity index (χ2v) is 10.3. The number of halogens is 1. The Kier molecular flexibility index (Phi) is 7.04. The van der Waals surface area contributed by atoms with Crippen molar-refractivity contribution < 1.29 is 9.53 Å². The molecule has 0 spiro atoms. The van der Waals surface area contributed by atoms with Crippen molar-refractivity contribution in [3.8, 4) is 16.3 Å². The molecule has 186 valence electrons. The first-order valence-electron chi connectivity index (χ1n) is 11.7. The van der Waals surface area contributed by atoms with Crippen LogP contribution < -0.4 is 10.3 Å². The molecule has 10 heteroatoms. The van der Waals surface area contributed by atoms with Crippen LogP contribution in [0.1, 0.15) is 16.8 Å². The SMILES string of the molecule is Cc1ccc(OCC(=O)N2CCN(Cc3cc(=O)n4nc(-c5ccc(Cl)cc5)sc4n3)CC2)cc1C. The summed E-state index contributed by atoms with van der Waals surface area (Å²) in [4.78, 5) is 34.6. The van der Waals surface area contributed by atoms with Crippen LogP contribution in [-0.2, 0) is 11.3 Å². The number of aryl methyl sites for hydroxylation is 2. The lowest BCUT2D eigenvalue weighted by atomic mass is 10.1. The van der Waals surface area contributed by atoms with Crippen molar-refractivity contribution in [3.63, 3.8) is 0 Å². The van der Waals surface area contributed by atoms with E-state index in [-0.39, 0.29) is 18.1 Å². The fraction of sp³-hybridized carbons (Fsp3) is 0.308. The van der Waals surface area contributed by atoms with Crippen molar-refractivity contribution in [2.24, 2.45) is 0 Å². The average Bonchev–Trinajstić information content (AvgIpc) is 3.30. The molecule has 2 aromatic heterocycles. The molecule has 1 amide bonds. The van der Waals surface area contributed by atoms with Crippen molar-refractivity contribution in [2.45, 2.75) is 20.4 Å². The summed E-state index contributed by atoms with van der Waals surface area (Å²) in [6.45, 7) is 7.27. The molecule has 0 aliphatic carbocycles. The lowest BCUT2D eigenvalue weighted by Crippen LogP contribution is -2.49. The van der Waals surface area contributed by atoms with Gasteiger partial charge in [0, 0.05) is 49.4 Å². The maximum absolute atomic E-state index is 12.7. The minimum Gasteiger partial charge on any atom is -0.484 e. The molecule has 0 bridgehead atoms. The highest BCUT2D eigenvalue weighted by atomic mass is 35.5. The van der Waals surface area contributed by atoms with E-state index in [4.69, 9.17) is 16.3 Å². The molecular weight excluding hydrogens is 498 g/mol. The lowest BCUT2D eigenvalue weighted by molar-refractivity contribution is -0.135. The van der Waals surface area contributed by atoms with Gasteiger partial charge >= 0.3 is 0 Å². The molecule has 0 unspecified atom stereocenters. The topological polar surface area (TPSA) is 80.0 Å². The highest BCUT2D eigenvalue weighted by molar-refractivity contribution is 7.19. The first-order chi connectivity index (χ1) is 17.4. The summed E-state index contributed by atoms with van der Waals surface area (Å²) in [6.07, 6.45) is 0. The highest BCUT2D eigenvalue weighted by Gasteiger charge is 2.22. The first kappa shape index (κ1) is 24.4. The molecule has 0 saturated carbocycles. The molecule has 8 nitrogen and oxygen atoms in total. The number of fused-ring (bicyclic) bond motifs is 1. The lowest BCUT2D eigenvalue weighted by Gasteiger charge is -2.34. The minimum atomic E-state index is -0.205. The predicted molar refractivity (Wildman–Crippen MR) is 141 cm³/mol. The summed E-state index contributed by atoms with van der Waals surface area (Å²) in [6, 6.07) is 14.7. The van der Waals surface area contributed by atoms with Crippen molar-refractivity contribution in [3.05, 3.63) is 80.7 Å². The Balaban J connectivity index is 1.18. The summed E-state index contributed by atoms with van der Waals surface area (Å²) in [7, 11) is 0. The standard InChI is InChI=1S/C26H26ClN5O3S/c1-17-3-8-22(13-18(17)2)35-16-24(34)31-11-9-30(10-12-31)15-21-14-23(33)32-26(28-21)36-25(29-32)19-4-6-20(27)7-5-19/h3-8,13-14H,9-12,15-16H2,1-2H3. The van der Waals surface area contributed by atoms with Crippen molar-refractivity contribution in [1.29, 1.82) is 0 Å². The number of nitrogens with zero attached hydrogens (tertiary/aromatic N) is 5. The number of benzene rings is 2. The van der Waals surface area contributed by atoms with E-state index in [2.05, 4.69) is 15.0 Å².